The van der Waals surface area contributed by atoms with Crippen molar-refractivity contribution < 1.29 is 14.3 Å². The lowest BCUT2D eigenvalue weighted by Gasteiger charge is -2.20. The summed E-state index contributed by atoms with van der Waals surface area (Å²) in [6.07, 6.45) is 1.64. The summed E-state index contributed by atoms with van der Waals surface area (Å²) < 4.78 is 11.8. The van der Waals surface area contributed by atoms with Gasteiger partial charge in [0.05, 0.1) is 16.8 Å². The van der Waals surface area contributed by atoms with E-state index in [1.807, 2.05) is 24.3 Å². The van der Waals surface area contributed by atoms with E-state index in [0.717, 1.165) is 15.4 Å². The van der Waals surface area contributed by atoms with Crippen molar-refractivity contribution in [2.45, 2.75) is 0 Å². The van der Waals surface area contributed by atoms with Crippen LogP contribution in [0.2, 0.25) is 0 Å². The van der Waals surface area contributed by atoms with Crippen LogP contribution in [0.25, 0.3) is 10.9 Å². The summed E-state index contributed by atoms with van der Waals surface area (Å²) in [4.78, 5) is 17.0. The van der Waals surface area contributed by atoms with Gasteiger partial charge in [-0.1, -0.05) is 18.2 Å². The lowest BCUT2D eigenvalue weighted by Crippen LogP contribution is -2.17. The molecule has 1 aromatic heterocycles. The molecule has 1 N–H and O–H groups in total. The van der Waals surface area contributed by atoms with E-state index in [1.54, 1.807) is 24.4 Å². The minimum atomic E-state index is -0.203. The molecule has 4 rings (SSSR count). The molecule has 0 bridgehead atoms. The van der Waals surface area contributed by atoms with E-state index >= 15 is 0 Å². The first-order chi connectivity index (χ1) is 11.7. The molecule has 1 aliphatic rings. The summed E-state index contributed by atoms with van der Waals surface area (Å²) >= 11 is 3.46. The van der Waals surface area contributed by atoms with Crippen LogP contribution < -0.4 is 14.8 Å². The van der Waals surface area contributed by atoms with Crippen LogP contribution in [0.1, 0.15) is 10.4 Å². The number of rotatable bonds is 2. The SMILES string of the molecule is O=C(Nc1cc2c(cc1Br)OCCO2)c1ccnc2ccccc12. The monoisotopic (exact) mass is 384 g/mol. The number of ether oxygens (including phenoxy) is 2. The lowest BCUT2D eigenvalue weighted by molar-refractivity contribution is 0.102. The van der Waals surface area contributed by atoms with Crippen molar-refractivity contribution in [3.8, 4) is 11.5 Å². The Bertz CT molecular complexity index is 937. The van der Waals surface area contributed by atoms with Crippen LogP contribution in [-0.2, 0) is 0 Å². The molecule has 0 aliphatic carbocycles. The fourth-order valence-electron chi connectivity index (χ4n) is 2.64. The van der Waals surface area contributed by atoms with Gasteiger partial charge in [-0.2, -0.15) is 0 Å². The molecule has 0 spiro atoms. The van der Waals surface area contributed by atoms with Crippen LogP contribution in [0, 0.1) is 0 Å². The topological polar surface area (TPSA) is 60.5 Å². The number of anilines is 1. The number of hydrogen-bond donors (Lipinski definition) is 1. The average Bonchev–Trinajstić information content (AvgIpc) is 2.62. The van der Waals surface area contributed by atoms with E-state index in [-0.39, 0.29) is 5.91 Å². The van der Waals surface area contributed by atoms with Gasteiger partial charge in [0.25, 0.3) is 5.91 Å². The van der Waals surface area contributed by atoms with Crippen LogP contribution >= 0.6 is 15.9 Å². The first-order valence-electron chi connectivity index (χ1n) is 7.46. The largest absolute Gasteiger partial charge is 0.486 e. The zero-order valence-electron chi connectivity index (χ0n) is 12.6. The molecule has 6 heteroatoms. The van der Waals surface area contributed by atoms with E-state index in [4.69, 9.17) is 9.47 Å². The van der Waals surface area contributed by atoms with Crippen molar-refractivity contribution in [1.82, 2.24) is 4.98 Å². The Kier molecular flexibility index (Phi) is 3.82. The molecule has 0 saturated carbocycles. The standard InChI is InChI=1S/C18H13BrN2O3/c19-13-9-16-17(24-8-7-23-16)10-15(13)21-18(22)12-5-6-20-14-4-2-1-3-11(12)14/h1-6,9-10H,7-8H2,(H,21,22). The lowest BCUT2D eigenvalue weighted by atomic mass is 10.1. The van der Waals surface area contributed by atoms with Gasteiger partial charge in [-0.3, -0.25) is 9.78 Å². The normalized spacial score (nSPS) is 12.9. The van der Waals surface area contributed by atoms with Crippen molar-refractivity contribution in [2.24, 2.45) is 0 Å². The molecule has 2 aromatic carbocycles. The number of benzene rings is 2. The quantitative estimate of drug-likeness (QED) is 0.724. The number of halogens is 1. The maximum Gasteiger partial charge on any atom is 0.256 e. The summed E-state index contributed by atoms with van der Waals surface area (Å²) in [5.41, 5.74) is 1.99. The zero-order chi connectivity index (χ0) is 16.5. The van der Waals surface area contributed by atoms with Gasteiger partial charge in [-0.05, 0) is 28.1 Å². The van der Waals surface area contributed by atoms with Gasteiger partial charge in [-0.15, -0.1) is 0 Å². The third kappa shape index (κ3) is 2.69. The van der Waals surface area contributed by atoms with Gasteiger partial charge >= 0.3 is 0 Å². The van der Waals surface area contributed by atoms with Crippen LogP contribution in [0.15, 0.2) is 53.1 Å². The zero-order valence-corrected chi connectivity index (χ0v) is 14.2. The molecule has 3 aromatic rings. The van der Waals surface area contributed by atoms with E-state index in [2.05, 4.69) is 26.2 Å². The highest BCUT2D eigenvalue weighted by Crippen LogP contribution is 2.38. The third-order valence-electron chi connectivity index (χ3n) is 3.77. The van der Waals surface area contributed by atoms with E-state index in [1.165, 1.54) is 0 Å². The second kappa shape index (κ2) is 6.13. The van der Waals surface area contributed by atoms with Crippen molar-refractivity contribution in [3.05, 3.63) is 58.7 Å². The summed E-state index contributed by atoms with van der Waals surface area (Å²) in [5.74, 6) is 1.09. The molecular formula is C18H13BrN2O3. The highest BCUT2D eigenvalue weighted by molar-refractivity contribution is 9.10. The van der Waals surface area contributed by atoms with Gasteiger partial charge < -0.3 is 14.8 Å². The van der Waals surface area contributed by atoms with Crippen LogP contribution in [0.3, 0.4) is 0 Å². The van der Waals surface area contributed by atoms with Gasteiger partial charge in [-0.25, -0.2) is 0 Å². The molecule has 24 heavy (non-hydrogen) atoms. The number of hydrogen-bond acceptors (Lipinski definition) is 4. The number of nitrogens with one attached hydrogen (secondary N) is 1. The summed E-state index contributed by atoms with van der Waals surface area (Å²) in [7, 11) is 0. The molecule has 0 saturated heterocycles. The second-order valence-electron chi connectivity index (χ2n) is 5.31. The fraction of sp³-hybridized carbons (Fsp3) is 0.111. The molecule has 1 amide bonds. The molecule has 120 valence electrons. The number of para-hydroxylation sites is 1. The number of carbonyl (C=O) groups excluding carboxylic acids is 1. The van der Waals surface area contributed by atoms with Gasteiger partial charge in [0.2, 0.25) is 0 Å². The van der Waals surface area contributed by atoms with E-state index < -0.39 is 0 Å². The molecular weight excluding hydrogens is 372 g/mol. The first kappa shape index (κ1) is 15.0. The Morgan fingerprint density at radius 2 is 1.83 bits per heavy atom. The Hall–Kier alpha value is -2.60. The third-order valence-corrected chi connectivity index (χ3v) is 4.43. The van der Waals surface area contributed by atoms with Crippen molar-refractivity contribution in [3.63, 3.8) is 0 Å². The predicted octanol–water partition coefficient (Wildman–Crippen LogP) is 4.02. The number of pyridine rings is 1. The van der Waals surface area contributed by atoms with Crippen molar-refractivity contribution in [1.29, 1.82) is 0 Å². The maximum absolute atomic E-state index is 12.7. The Labute approximate surface area is 146 Å². The summed E-state index contributed by atoms with van der Waals surface area (Å²) in [6.45, 7) is 1.02. The van der Waals surface area contributed by atoms with Gasteiger partial charge in [0.15, 0.2) is 11.5 Å². The van der Waals surface area contributed by atoms with Crippen LogP contribution in [0.5, 0.6) is 11.5 Å². The first-order valence-corrected chi connectivity index (χ1v) is 8.26. The summed E-state index contributed by atoms with van der Waals surface area (Å²) in [5, 5.41) is 3.73. The van der Waals surface area contributed by atoms with Gasteiger partial charge in [0.1, 0.15) is 13.2 Å². The summed E-state index contributed by atoms with van der Waals surface area (Å²) in [6, 6.07) is 12.8. The van der Waals surface area contributed by atoms with E-state index in [9.17, 15) is 4.79 Å². The number of fused-ring (bicyclic) bond motifs is 2. The molecule has 0 radical (unpaired) electrons. The van der Waals surface area contributed by atoms with Gasteiger partial charge in [0, 0.05) is 28.2 Å². The number of amides is 1. The highest BCUT2D eigenvalue weighted by atomic mass is 79.9. The fourth-order valence-corrected chi connectivity index (χ4v) is 3.06. The van der Waals surface area contributed by atoms with E-state index in [0.29, 0.717) is 36.0 Å². The number of nitrogens with zero attached hydrogens (tertiary/aromatic N) is 1. The van der Waals surface area contributed by atoms with Crippen LogP contribution in [-0.4, -0.2) is 24.1 Å². The minimum Gasteiger partial charge on any atom is -0.486 e. The minimum absolute atomic E-state index is 0.203. The van der Waals surface area contributed by atoms with Crippen LogP contribution in [0.4, 0.5) is 5.69 Å². The maximum atomic E-state index is 12.7. The molecule has 0 atom stereocenters. The van der Waals surface area contributed by atoms with Crippen molar-refractivity contribution in [2.75, 3.05) is 18.5 Å². The molecule has 0 unspecified atom stereocenters. The smallest absolute Gasteiger partial charge is 0.256 e. The molecule has 1 aliphatic heterocycles. The number of aromatic nitrogens is 1. The number of carbonyl (C=O) groups is 1. The Morgan fingerprint density at radius 1 is 1.08 bits per heavy atom. The molecule has 0 fully saturated rings. The average molecular weight is 385 g/mol. The predicted molar refractivity (Wildman–Crippen MR) is 94.8 cm³/mol. The second-order valence-corrected chi connectivity index (χ2v) is 6.16. The Morgan fingerprint density at radius 3 is 2.67 bits per heavy atom. The Balaban J connectivity index is 1.69. The molecule has 2 heterocycles. The molecule has 5 nitrogen and oxygen atoms in total. The highest BCUT2D eigenvalue weighted by Gasteiger charge is 2.17. The van der Waals surface area contributed by atoms with Crippen molar-refractivity contribution >= 4 is 38.4 Å².